The highest BCUT2D eigenvalue weighted by Gasteiger charge is 2.24. The number of piperidine rings is 1. The monoisotopic (exact) mass is 228 g/mol. The molecule has 0 amide bonds. The maximum Gasteiger partial charge on any atom is 0.0446 e. The molecule has 0 saturated carbocycles. The lowest BCUT2D eigenvalue weighted by Gasteiger charge is -2.39. The number of aliphatic hydroxyl groups is 1. The van der Waals surface area contributed by atoms with Gasteiger partial charge in [0.15, 0.2) is 0 Å². The first-order chi connectivity index (χ1) is 7.67. The van der Waals surface area contributed by atoms with E-state index >= 15 is 0 Å². The van der Waals surface area contributed by atoms with E-state index in [9.17, 15) is 0 Å². The third kappa shape index (κ3) is 4.40. The molecule has 1 rings (SSSR count). The minimum atomic E-state index is 0.287. The number of aliphatic hydroxyl groups excluding tert-OH is 1. The lowest BCUT2D eigenvalue weighted by Crippen LogP contribution is -2.48. The second-order valence-corrected chi connectivity index (χ2v) is 5.25. The van der Waals surface area contributed by atoms with Gasteiger partial charge in [0.1, 0.15) is 0 Å². The first-order valence-corrected chi connectivity index (χ1v) is 6.75. The van der Waals surface area contributed by atoms with Crippen LogP contribution in [0.3, 0.4) is 0 Å². The van der Waals surface area contributed by atoms with E-state index in [2.05, 4.69) is 31.0 Å². The molecule has 3 heteroatoms. The second kappa shape index (κ2) is 7.25. The van der Waals surface area contributed by atoms with Gasteiger partial charge >= 0.3 is 0 Å². The summed E-state index contributed by atoms with van der Waals surface area (Å²) in [7, 11) is 0. The Labute approximate surface area is 100 Å². The van der Waals surface area contributed by atoms with Gasteiger partial charge in [-0.25, -0.2) is 0 Å². The Bertz CT molecular complexity index is 181. The van der Waals surface area contributed by atoms with Crippen LogP contribution >= 0.6 is 0 Å². The van der Waals surface area contributed by atoms with E-state index in [1.54, 1.807) is 0 Å². The summed E-state index contributed by atoms with van der Waals surface area (Å²) in [6.45, 7) is 10.4. The molecule has 1 aliphatic rings. The second-order valence-electron chi connectivity index (χ2n) is 5.25. The lowest BCUT2D eigenvalue weighted by atomic mass is 9.94. The minimum absolute atomic E-state index is 0.287. The molecule has 0 aromatic carbocycles. The molecule has 0 radical (unpaired) electrons. The summed E-state index contributed by atoms with van der Waals surface area (Å²) in [5.41, 5.74) is 0. The largest absolute Gasteiger partial charge is 0.396 e. The van der Waals surface area contributed by atoms with Crippen molar-refractivity contribution in [2.45, 2.75) is 52.1 Å². The summed E-state index contributed by atoms with van der Waals surface area (Å²) in [5.74, 6) is 0.826. The summed E-state index contributed by atoms with van der Waals surface area (Å²) in [4.78, 5) is 2.58. The molecule has 96 valence electrons. The summed E-state index contributed by atoms with van der Waals surface area (Å²) >= 11 is 0. The van der Waals surface area contributed by atoms with Crippen molar-refractivity contribution in [1.82, 2.24) is 10.2 Å². The first kappa shape index (κ1) is 13.9. The normalized spacial score (nSPS) is 29.2. The van der Waals surface area contributed by atoms with Crippen LogP contribution in [-0.2, 0) is 0 Å². The van der Waals surface area contributed by atoms with Gasteiger partial charge in [-0.3, -0.25) is 4.90 Å². The molecular formula is C13H28N2O. The predicted octanol–water partition coefficient (Wildman–Crippen LogP) is 1.47. The minimum Gasteiger partial charge on any atom is -0.396 e. The van der Waals surface area contributed by atoms with Crippen molar-refractivity contribution in [3.8, 4) is 0 Å². The summed E-state index contributed by atoms with van der Waals surface area (Å²) < 4.78 is 0. The molecule has 16 heavy (non-hydrogen) atoms. The maximum atomic E-state index is 9.05. The van der Waals surface area contributed by atoms with Gasteiger partial charge < -0.3 is 10.4 Å². The summed E-state index contributed by atoms with van der Waals surface area (Å²) in [6.07, 6.45) is 3.55. The average Bonchev–Trinajstić information content (AvgIpc) is 2.24. The number of rotatable bonds is 6. The number of likely N-dealkylation sites (N-methyl/N-ethyl adjacent to an activating group) is 1. The first-order valence-electron chi connectivity index (χ1n) is 6.75. The fourth-order valence-electron chi connectivity index (χ4n) is 2.62. The smallest absolute Gasteiger partial charge is 0.0446 e. The van der Waals surface area contributed by atoms with Gasteiger partial charge in [-0.1, -0.05) is 13.8 Å². The Balaban J connectivity index is 2.41. The van der Waals surface area contributed by atoms with E-state index in [1.165, 1.54) is 19.4 Å². The van der Waals surface area contributed by atoms with Crippen molar-refractivity contribution in [3.05, 3.63) is 0 Å². The highest BCUT2D eigenvalue weighted by Crippen LogP contribution is 2.21. The Kier molecular flexibility index (Phi) is 6.32. The SMILES string of the molecule is CCNC(CCO)CN1CC(C)CCC1C. The van der Waals surface area contributed by atoms with Crippen LogP contribution in [0.1, 0.15) is 40.0 Å². The fourth-order valence-corrected chi connectivity index (χ4v) is 2.62. The van der Waals surface area contributed by atoms with E-state index < -0.39 is 0 Å². The third-order valence-electron chi connectivity index (χ3n) is 3.67. The van der Waals surface area contributed by atoms with Crippen molar-refractivity contribution in [2.75, 3.05) is 26.2 Å². The van der Waals surface area contributed by atoms with Gasteiger partial charge in [-0.15, -0.1) is 0 Å². The van der Waals surface area contributed by atoms with Gasteiger partial charge in [0.05, 0.1) is 0 Å². The van der Waals surface area contributed by atoms with Gasteiger partial charge in [0.2, 0.25) is 0 Å². The van der Waals surface area contributed by atoms with Crippen molar-refractivity contribution >= 4 is 0 Å². The molecule has 0 bridgehead atoms. The highest BCUT2D eigenvalue weighted by molar-refractivity contribution is 4.81. The van der Waals surface area contributed by atoms with Crippen molar-refractivity contribution in [2.24, 2.45) is 5.92 Å². The number of nitrogens with zero attached hydrogens (tertiary/aromatic N) is 1. The van der Waals surface area contributed by atoms with E-state index in [0.717, 1.165) is 25.4 Å². The fraction of sp³-hybridized carbons (Fsp3) is 1.00. The summed E-state index contributed by atoms with van der Waals surface area (Å²) in [5, 5.41) is 12.5. The molecule has 1 fully saturated rings. The van der Waals surface area contributed by atoms with Crippen LogP contribution < -0.4 is 5.32 Å². The Hall–Kier alpha value is -0.120. The third-order valence-corrected chi connectivity index (χ3v) is 3.67. The van der Waals surface area contributed by atoms with Gasteiger partial charge in [0, 0.05) is 31.8 Å². The Morgan fingerprint density at radius 2 is 2.12 bits per heavy atom. The van der Waals surface area contributed by atoms with Gasteiger partial charge in [-0.05, 0) is 38.6 Å². The van der Waals surface area contributed by atoms with Crippen LogP contribution in [0, 0.1) is 5.92 Å². The van der Waals surface area contributed by atoms with E-state index in [1.807, 2.05) is 0 Å². The quantitative estimate of drug-likeness (QED) is 0.722. The molecule has 3 nitrogen and oxygen atoms in total. The van der Waals surface area contributed by atoms with Crippen LogP contribution in [0.2, 0.25) is 0 Å². The van der Waals surface area contributed by atoms with E-state index in [4.69, 9.17) is 5.11 Å². The molecule has 1 heterocycles. The molecule has 1 saturated heterocycles. The predicted molar refractivity (Wildman–Crippen MR) is 68.6 cm³/mol. The van der Waals surface area contributed by atoms with Crippen molar-refractivity contribution in [3.63, 3.8) is 0 Å². The number of hydrogen-bond donors (Lipinski definition) is 2. The molecule has 0 spiro atoms. The van der Waals surface area contributed by atoms with Crippen LogP contribution in [0.4, 0.5) is 0 Å². The number of likely N-dealkylation sites (tertiary alicyclic amines) is 1. The maximum absolute atomic E-state index is 9.05. The van der Waals surface area contributed by atoms with Crippen molar-refractivity contribution in [1.29, 1.82) is 0 Å². The molecular weight excluding hydrogens is 200 g/mol. The Morgan fingerprint density at radius 1 is 1.38 bits per heavy atom. The van der Waals surface area contributed by atoms with Crippen LogP contribution in [0.5, 0.6) is 0 Å². The number of hydrogen-bond acceptors (Lipinski definition) is 3. The summed E-state index contributed by atoms with van der Waals surface area (Å²) in [6, 6.07) is 1.15. The van der Waals surface area contributed by atoms with E-state index in [-0.39, 0.29) is 6.61 Å². The van der Waals surface area contributed by atoms with Gasteiger partial charge in [0.25, 0.3) is 0 Å². The van der Waals surface area contributed by atoms with Crippen molar-refractivity contribution < 1.29 is 5.11 Å². The van der Waals surface area contributed by atoms with Gasteiger partial charge in [-0.2, -0.15) is 0 Å². The zero-order valence-corrected chi connectivity index (χ0v) is 11.1. The molecule has 1 aliphatic heterocycles. The lowest BCUT2D eigenvalue weighted by molar-refractivity contribution is 0.106. The van der Waals surface area contributed by atoms with Crippen LogP contribution in [0.25, 0.3) is 0 Å². The molecule has 0 aromatic heterocycles. The molecule has 2 N–H and O–H groups in total. The van der Waals surface area contributed by atoms with E-state index in [0.29, 0.717) is 12.1 Å². The highest BCUT2D eigenvalue weighted by atomic mass is 16.3. The van der Waals surface area contributed by atoms with Crippen LogP contribution in [0.15, 0.2) is 0 Å². The molecule has 0 aromatic rings. The molecule has 3 atom stereocenters. The zero-order valence-electron chi connectivity index (χ0n) is 11.1. The topological polar surface area (TPSA) is 35.5 Å². The Morgan fingerprint density at radius 3 is 2.75 bits per heavy atom. The van der Waals surface area contributed by atoms with Crippen LogP contribution in [-0.4, -0.2) is 48.3 Å². The average molecular weight is 228 g/mol. The zero-order chi connectivity index (χ0) is 12.0. The molecule has 3 unspecified atom stereocenters. The number of nitrogens with one attached hydrogen (secondary N) is 1. The standard InChI is InChI=1S/C13H28N2O/c1-4-14-13(7-8-16)10-15-9-11(2)5-6-12(15)3/h11-14,16H,4-10H2,1-3H3. The molecule has 0 aliphatic carbocycles.